The van der Waals surface area contributed by atoms with Gasteiger partial charge in [0.1, 0.15) is 23.5 Å². The van der Waals surface area contributed by atoms with Gasteiger partial charge in [0.25, 0.3) is 5.56 Å². The first-order valence-corrected chi connectivity index (χ1v) is 9.17. The Morgan fingerprint density at radius 2 is 2.00 bits per heavy atom. The van der Waals surface area contributed by atoms with Gasteiger partial charge in [-0.3, -0.25) is 9.59 Å². The topological polar surface area (TPSA) is 46.7 Å². The molecular formula is C20H18ClF2N3O2. The molecular weight excluding hydrogens is 388 g/mol. The van der Waals surface area contributed by atoms with Crippen molar-refractivity contribution in [1.82, 2.24) is 13.9 Å². The van der Waals surface area contributed by atoms with E-state index in [9.17, 15) is 18.4 Å². The zero-order valence-electron chi connectivity index (χ0n) is 15.4. The number of halogens is 3. The number of hydrogen-bond acceptors (Lipinski definition) is 2. The normalized spacial score (nSPS) is 15.7. The van der Waals surface area contributed by atoms with Crippen molar-refractivity contribution in [1.29, 1.82) is 0 Å². The maximum atomic E-state index is 13.7. The van der Waals surface area contributed by atoms with Crippen LogP contribution >= 0.6 is 11.6 Å². The Hall–Kier alpha value is -2.67. The molecule has 1 aliphatic rings. The highest BCUT2D eigenvalue weighted by atomic mass is 35.5. The molecule has 0 spiro atoms. The molecule has 3 aromatic rings. The highest BCUT2D eigenvalue weighted by Gasteiger charge is 2.41. The fourth-order valence-electron chi connectivity index (χ4n) is 3.61. The summed E-state index contributed by atoms with van der Waals surface area (Å²) in [5, 5.41) is -0.0351. The summed E-state index contributed by atoms with van der Waals surface area (Å²) in [6, 6.07) is 6.02. The SMILES string of the molecule is Cc1cn(CC(=O)N2CC(C)(F)C2)c(=O)c2c(-c3ccc(F)c(Cl)c3)ccn12. The van der Waals surface area contributed by atoms with Crippen molar-refractivity contribution in [2.24, 2.45) is 0 Å². The largest absolute Gasteiger partial charge is 0.335 e. The molecule has 1 amide bonds. The van der Waals surface area contributed by atoms with Crippen LogP contribution in [0.25, 0.3) is 16.6 Å². The number of carbonyl (C=O) groups excluding carboxylic acids is 1. The van der Waals surface area contributed by atoms with Crippen molar-refractivity contribution < 1.29 is 13.6 Å². The summed E-state index contributed by atoms with van der Waals surface area (Å²) >= 11 is 5.89. The van der Waals surface area contributed by atoms with E-state index in [-0.39, 0.29) is 36.1 Å². The van der Waals surface area contributed by atoms with Crippen LogP contribution in [0.2, 0.25) is 5.02 Å². The summed E-state index contributed by atoms with van der Waals surface area (Å²) < 4.78 is 30.2. The molecule has 146 valence electrons. The van der Waals surface area contributed by atoms with E-state index in [0.29, 0.717) is 16.6 Å². The van der Waals surface area contributed by atoms with Gasteiger partial charge >= 0.3 is 0 Å². The van der Waals surface area contributed by atoms with Crippen molar-refractivity contribution in [3.05, 3.63) is 63.5 Å². The van der Waals surface area contributed by atoms with Gasteiger partial charge in [-0.05, 0) is 37.6 Å². The molecule has 4 rings (SSSR count). The second kappa shape index (κ2) is 6.44. The molecule has 5 nitrogen and oxygen atoms in total. The molecule has 1 saturated heterocycles. The number of aryl methyl sites for hydroxylation is 1. The van der Waals surface area contributed by atoms with Crippen LogP contribution in [-0.4, -0.2) is 38.5 Å². The van der Waals surface area contributed by atoms with Gasteiger partial charge < -0.3 is 13.9 Å². The van der Waals surface area contributed by atoms with Crippen LogP contribution in [0.5, 0.6) is 0 Å². The monoisotopic (exact) mass is 405 g/mol. The minimum absolute atomic E-state index is 0.0340. The van der Waals surface area contributed by atoms with Gasteiger partial charge in [-0.25, -0.2) is 8.78 Å². The van der Waals surface area contributed by atoms with Crippen molar-refractivity contribution in [3.8, 4) is 11.1 Å². The zero-order valence-corrected chi connectivity index (χ0v) is 16.1. The van der Waals surface area contributed by atoms with E-state index in [2.05, 4.69) is 0 Å². The van der Waals surface area contributed by atoms with Crippen LogP contribution in [0.4, 0.5) is 8.78 Å². The first kappa shape index (κ1) is 18.7. The predicted molar refractivity (Wildman–Crippen MR) is 103 cm³/mol. The lowest BCUT2D eigenvalue weighted by Crippen LogP contribution is -2.60. The van der Waals surface area contributed by atoms with E-state index in [1.165, 1.54) is 28.5 Å². The minimum atomic E-state index is -1.36. The van der Waals surface area contributed by atoms with E-state index in [1.54, 1.807) is 28.9 Å². The molecule has 0 atom stereocenters. The molecule has 1 aromatic carbocycles. The molecule has 1 fully saturated rings. The van der Waals surface area contributed by atoms with E-state index in [0.717, 1.165) is 5.69 Å². The molecule has 0 aliphatic carbocycles. The van der Waals surface area contributed by atoms with Crippen LogP contribution in [0.1, 0.15) is 12.6 Å². The van der Waals surface area contributed by atoms with Crippen LogP contribution in [-0.2, 0) is 11.3 Å². The standard InChI is InChI=1S/C20H18ClF2N3O2/c1-12-8-24(9-17(27)25-10-20(2,23)11-25)19(28)18-14(5-6-26(12)18)13-3-4-16(22)15(21)7-13/h3-8H,9-11H2,1-2H3. The summed E-state index contributed by atoms with van der Waals surface area (Å²) in [6.45, 7) is 3.16. The van der Waals surface area contributed by atoms with Gasteiger partial charge in [-0.1, -0.05) is 17.7 Å². The number of rotatable bonds is 3. The Kier molecular flexibility index (Phi) is 4.30. The average Bonchev–Trinajstić information content (AvgIpc) is 3.05. The van der Waals surface area contributed by atoms with Crippen molar-refractivity contribution in [3.63, 3.8) is 0 Å². The second-order valence-electron chi connectivity index (χ2n) is 7.44. The number of benzene rings is 1. The summed E-state index contributed by atoms with van der Waals surface area (Å²) in [5.74, 6) is -0.846. The summed E-state index contributed by atoms with van der Waals surface area (Å²) in [6.07, 6.45) is 3.35. The van der Waals surface area contributed by atoms with E-state index in [4.69, 9.17) is 11.6 Å². The fraction of sp³-hybridized carbons (Fsp3) is 0.300. The van der Waals surface area contributed by atoms with Crippen LogP contribution in [0, 0.1) is 12.7 Å². The van der Waals surface area contributed by atoms with Gasteiger partial charge in [0.2, 0.25) is 5.91 Å². The molecule has 0 radical (unpaired) electrons. The molecule has 0 unspecified atom stereocenters. The molecule has 0 N–H and O–H groups in total. The number of aromatic nitrogens is 2. The maximum absolute atomic E-state index is 13.7. The third-order valence-electron chi connectivity index (χ3n) is 5.00. The lowest BCUT2D eigenvalue weighted by Gasteiger charge is -2.42. The number of amides is 1. The second-order valence-corrected chi connectivity index (χ2v) is 7.85. The molecule has 8 heteroatoms. The molecule has 3 heterocycles. The molecule has 28 heavy (non-hydrogen) atoms. The Balaban J connectivity index is 1.75. The Morgan fingerprint density at radius 1 is 1.29 bits per heavy atom. The van der Waals surface area contributed by atoms with Crippen LogP contribution < -0.4 is 5.56 Å². The van der Waals surface area contributed by atoms with E-state index < -0.39 is 11.5 Å². The van der Waals surface area contributed by atoms with E-state index >= 15 is 0 Å². The number of nitrogens with zero attached hydrogens (tertiary/aromatic N) is 3. The minimum Gasteiger partial charge on any atom is -0.335 e. The Morgan fingerprint density at radius 3 is 2.64 bits per heavy atom. The number of alkyl halides is 1. The highest BCUT2D eigenvalue weighted by Crippen LogP contribution is 2.28. The first-order valence-electron chi connectivity index (χ1n) is 8.79. The summed E-state index contributed by atoms with van der Waals surface area (Å²) in [5.41, 5.74) is 0.595. The zero-order chi connectivity index (χ0) is 20.2. The van der Waals surface area contributed by atoms with Crippen LogP contribution in [0.3, 0.4) is 0 Å². The number of fused-ring (bicyclic) bond motifs is 1. The molecule has 0 saturated carbocycles. The smallest absolute Gasteiger partial charge is 0.275 e. The van der Waals surface area contributed by atoms with Crippen molar-refractivity contribution in [2.75, 3.05) is 13.1 Å². The van der Waals surface area contributed by atoms with Gasteiger partial charge in [0.15, 0.2) is 0 Å². The van der Waals surface area contributed by atoms with Gasteiger partial charge in [-0.15, -0.1) is 0 Å². The first-order chi connectivity index (χ1) is 13.2. The fourth-order valence-corrected chi connectivity index (χ4v) is 3.79. The number of hydrogen-bond donors (Lipinski definition) is 0. The van der Waals surface area contributed by atoms with E-state index in [1.807, 2.05) is 6.92 Å². The lowest BCUT2D eigenvalue weighted by atomic mass is 9.99. The quantitative estimate of drug-likeness (QED) is 0.670. The number of likely N-dealkylation sites (tertiary alicyclic amines) is 1. The highest BCUT2D eigenvalue weighted by molar-refractivity contribution is 6.31. The predicted octanol–water partition coefficient (Wildman–Crippen LogP) is 3.44. The van der Waals surface area contributed by atoms with Crippen LogP contribution in [0.15, 0.2) is 41.5 Å². The molecule has 1 aliphatic heterocycles. The van der Waals surface area contributed by atoms with Gasteiger partial charge in [0.05, 0.1) is 18.1 Å². The van der Waals surface area contributed by atoms with Gasteiger partial charge in [-0.2, -0.15) is 0 Å². The average molecular weight is 406 g/mol. The Labute approximate surface area is 164 Å². The third-order valence-corrected chi connectivity index (χ3v) is 5.29. The van der Waals surface area contributed by atoms with Crippen molar-refractivity contribution in [2.45, 2.75) is 26.1 Å². The molecule has 2 aromatic heterocycles. The number of carbonyl (C=O) groups is 1. The Bertz CT molecular complexity index is 1160. The maximum Gasteiger partial charge on any atom is 0.275 e. The summed E-state index contributed by atoms with van der Waals surface area (Å²) in [4.78, 5) is 26.9. The third kappa shape index (κ3) is 3.09. The summed E-state index contributed by atoms with van der Waals surface area (Å²) in [7, 11) is 0. The lowest BCUT2D eigenvalue weighted by molar-refractivity contribution is -0.144. The molecule has 0 bridgehead atoms. The van der Waals surface area contributed by atoms with Crippen molar-refractivity contribution >= 4 is 23.0 Å². The van der Waals surface area contributed by atoms with Gasteiger partial charge in [0, 0.05) is 23.7 Å².